The average molecular weight is 374 g/mol. The zero-order chi connectivity index (χ0) is 19.9. The van der Waals surface area contributed by atoms with Crippen LogP contribution in [-0.2, 0) is 0 Å². The molecule has 2 aliphatic heterocycles. The Labute approximate surface area is 167 Å². The van der Waals surface area contributed by atoms with Crippen LogP contribution in [0.5, 0.6) is 0 Å². The minimum Gasteiger partial charge on any atom is -0.343 e. The van der Waals surface area contributed by atoms with Gasteiger partial charge in [0.2, 0.25) is 0 Å². The van der Waals surface area contributed by atoms with Gasteiger partial charge < -0.3 is 5.32 Å². The summed E-state index contributed by atoms with van der Waals surface area (Å²) in [5, 5.41) is 12.8. The van der Waals surface area contributed by atoms with Crippen LogP contribution < -0.4 is 5.32 Å². The molecule has 0 saturated carbocycles. The summed E-state index contributed by atoms with van der Waals surface area (Å²) in [5.41, 5.74) is 4.32. The number of aryl methyl sites for hydroxylation is 2. The van der Waals surface area contributed by atoms with Crippen molar-refractivity contribution >= 4 is 5.91 Å². The Bertz CT molecular complexity index is 930. The van der Waals surface area contributed by atoms with Gasteiger partial charge in [0.1, 0.15) is 0 Å². The van der Waals surface area contributed by atoms with Gasteiger partial charge >= 0.3 is 0 Å². The summed E-state index contributed by atoms with van der Waals surface area (Å²) in [6.45, 7) is 3.97. The summed E-state index contributed by atoms with van der Waals surface area (Å²) in [6.07, 6.45) is 4.49. The molecule has 1 unspecified atom stereocenters. The molecule has 1 N–H and O–H groups in total. The molecule has 0 radical (unpaired) electrons. The molecule has 4 nitrogen and oxygen atoms in total. The first-order valence-corrected chi connectivity index (χ1v) is 10.1. The van der Waals surface area contributed by atoms with Gasteiger partial charge in [-0.05, 0) is 75.4 Å². The van der Waals surface area contributed by atoms with Crippen LogP contribution in [0.2, 0.25) is 0 Å². The van der Waals surface area contributed by atoms with E-state index in [1.165, 1.54) is 12.8 Å². The van der Waals surface area contributed by atoms with Crippen LogP contribution in [0.15, 0.2) is 42.5 Å². The Morgan fingerprint density at radius 3 is 2.39 bits per heavy atom. The summed E-state index contributed by atoms with van der Waals surface area (Å²) < 4.78 is 0. The second kappa shape index (κ2) is 7.07. The molecule has 4 heteroatoms. The third kappa shape index (κ3) is 2.91. The lowest BCUT2D eigenvalue weighted by molar-refractivity contribution is 0.0836. The first-order chi connectivity index (χ1) is 13.5. The Balaban J connectivity index is 1.76. The van der Waals surface area contributed by atoms with E-state index in [4.69, 9.17) is 0 Å². The Morgan fingerprint density at radius 1 is 1.18 bits per heavy atom. The number of likely N-dealkylation sites (N-methyl/N-ethyl adjacent to an activating group) is 1. The minimum absolute atomic E-state index is 0.0268. The van der Waals surface area contributed by atoms with E-state index in [-0.39, 0.29) is 17.5 Å². The number of nitrogens with one attached hydrogen (secondary N) is 1. The summed E-state index contributed by atoms with van der Waals surface area (Å²) in [4.78, 5) is 15.8. The fraction of sp³-hybridized carbons (Fsp3) is 0.417. The van der Waals surface area contributed by atoms with Gasteiger partial charge in [-0.25, -0.2) is 0 Å². The maximum atomic E-state index is 13.4. The van der Waals surface area contributed by atoms with Crippen molar-refractivity contribution in [1.82, 2.24) is 10.2 Å². The van der Waals surface area contributed by atoms with Gasteiger partial charge in [0.25, 0.3) is 5.91 Å². The number of amides is 1. The van der Waals surface area contributed by atoms with Crippen molar-refractivity contribution in [2.45, 2.75) is 57.2 Å². The molecule has 2 bridgehead atoms. The summed E-state index contributed by atoms with van der Waals surface area (Å²) in [6, 6.07) is 16.4. The first kappa shape index (κ1) is 18.7. The maximum Gasteiger partial charge on any atom is 0.252 e. The summed E-state index contributed by atoms with van der Waals surface area (Å²) >= 11 is 0. The van der Waals surface area contributed by atoms with Crippen molar-refractivity contribution in [3.05, 3.63) is 70.3 Å². The molecule has 28 heavy (non-hydrogen) atoms. The van der Waals surface area contributed by atoms with Gasteiger partial charge in [-0.15, -0.1) is 0 Å². The molecule has 1 atom stereocenters. The van der Waals surface area contributed by atoms with E-state index in [0.29, 0.717) is 11.6 Å². The van der Waals surface area contributed by atoms with Gasteiger partial charge in [-0.2, -0.15) is 5.26 Å². The third-order valence-electron chi connectivity index (χ3n) is 6.94. The van der Waals surface area contributed by atoms with E-state index in [0.717, 1.165) is 35.1 Å². The fourth-order valence-corrected chi connectivity index (χ4v) is 5.39. The molecule has 2 aromatic carbocycles. The smallest absolute Gasteiger partial charge is 0.252 e. The average Bonchev–Trinajstić information content (AvgIpc) is 3.19. The van der Waals surface area contributed by atoms with Gasteiger partial charge in [0.15, 0.2) is 0 Å². The lowest BCUT2D eigenvalue weighted by Crippen LogP contribution is -2.51. The van der Waals surface area contributed by atoms with Crippen LogP contribution in [0.1, 0.15) is 64.3 Å². The molecule has 2 heterocycles. The maximum absolute atomic E-state index is 13.4. The molecule has 0 aliphatic carbocycles. The predicted molar refractivity (Wildman–Crippen MR) is 110 cm³/mol. The number of nitriles is 1. The van der Waals surface area contributed by atoms with E-state index >= 15 is 0 Å². The molecule has 0 aromatic heterocycles. The Morgan fingerprint density at radius 2 is 1.82 bits per heavy atom. The van der Waals surface area contributed by atoms with Gasteiger partial charge in [-0.1, -0.05) is 30.3 Å². The van der Waals surface area contributed by atoms with Crippen LogP contribution in [0.3, 0.4) is 0 Å². The molecule has 2 aromatic rings. The van der Waals surface area contributed by atoms with Gasteiger partial charge in [0.05, 0.1) is 17.7 Å². The number of carbonyl (C=O) groups is 1. The number of hydrogen-bond donors (Lipinski definition) is 1. The number of hydrogen-bond acceptors (Lipinski definition) is 3. The molecule has 2 saturated heterocycles. The van der Waals surface area contributed by atoms with Crippen molar-refractivity contribution in [2.75, 3.05) is 7.05 Å². The molecule has 1 amide bonds. The largest absolute Gasteiger partial charge is 0.343 e. The fourth-order valence-electron chi connectivity index (χ4n) is 5.39. The van der Waals surface area contributed by atoms with Crippen LogP contribution in [0.25, 0.3) is 0 Å². The van der Waals surface area contributed by atoms with Crippen molar-refractivity contribution < 1.29 is 4.79 Å². The number of fused-ring (bicyclic) bond motifs is 2. The highest BCUT2D eigenvalue weighted by molar-refractivity contribution is 5.97. The summed E-state index contributed by atoms with van der Waals surface area (Å²) in [7, 11) is 2.19. The molecule has 0 spiro atoms. The quantitative estimate of drug-likeness (QED) is 0.871. The highest BCUT2D eigenvalue weighted by atomic mass is 16.1. The van der Waals surface area contributed by atoms with Crippen molar-refractivity contribution in [2.24, 2.45) is 0 Å². The number of rotatable bonds is 4. The molecule has 2 fully saturated rings. The van der Waals surface area contributed by atoms with Crippen LogP contribution in [0.4, 0.5) is 0 Å². The topological polar surface area (TPSA) is 56.1 Å². The van der Waals surface area contributed by atoms with E-state index in [1.807, 2.05) is 56.3 Å². The van der Waals surface area contributed by atoms with Gasteiger partial charge in [0, 0.05) is 17.1 Å². The van der Waals surface area contributed by atoms with Crippen LogP contribution in [-0.4, -0.2) is 29.4 Å². The third-order valence-corrected chi connectivity index (χ3v) is 6.94. The minimum atomic E-state index is -0.134. The highest BCUT2D eigenvalue weighted by Gasteiger charge is 2.54. The molecule has 4 rings (SSSR count). The first-order valence-electron chi connectivity index (χ1n) is 10.1. The van der Waals surface area contributed by atoms with E-state index in [2.05, 4.69) is 23.3 Å². The molecule has 144 valence electrons. The monoisotopic (exact) mass is 373 g/mol. The lowest BCUT2D eigenvalue weighted by Gasteiger charge is -2.41. The number of benzene rings is 2. The number of carbonyl (C=O) groups excluding carboxylic acids is 1. The van der Waals surface area contributed by atoms with E-state index in [9.17, 15) is 10.1 Å². The van der Waals surface area contributed by atoms with Crippen molar-refractivity contribution in [3.8, 4) is 6.07 Å². The summed E-state index contributed by atoms with van der Waals surface area (Å²) in [5.74, 6) is -0.0268. The Hall–Kier alpha value is -2.64. The molecular weight excluding hydrogens is 346 g/mol. The number of nitrogens with zero attached hydrogens (tertiary/aromatic N) is 2. The second-order valence-corrected chi connectivity index (χ2v) is 8.36. The zero-order valence-electron chi connectivity index (χ0n) is 16.8. The lowest BCUT2D eigenvalue weighted by atomic mass is 9.78. The van der Waals surface area contributed by atoms with E-state index in [1.54, 1.807) is 0 Å². The zero-order valence-corrected chi connectivity index (χ0v) is 16.8. The van der Waals surface area contributed by atoms with Crippen molar-refractivity contribution in [3.63, 3.8) is 0 Å². The van der Waals surface area contributed by atoms with Crippen molar-refractivity contribution in [1.29, 1.82) is 5.26 Å². The SMILES string of the molecule is Cc1cccc(C)c1C(=O)NC(c1cccc(C#N)c1)C12CCC(CC1)N2C. The standard InChI is InChI=1S/C24H27N3O/c1-16-6-4-7-17(2)21(16)23(28)26-22(19-9-5-8-18(14-19)15-25)24-12-10-20(11-13-24)27(24)3/h4-9,14,20,22H,10-13H2,1-3H3,(H,26,28). The highest BCUT2D eigenvalue weighted by Crippen LogP contribution is 2.51. The second-order valence-electron chi connectivity index (χ2n) is 8.36. The molecule has 2 aliphatic rings. The predicted octanol–water partition coefficient (Wildman–Crippen LogP) is 4.27. The molecular formula is C24H27N3O. The van der Waals surface area contributed by atoms with Crippen LogP contribution >= 0.6 is 0 Å². The Kier molecular flexibility index (Phi) is 4.72. The van der Waals surface area contributed by atoms with Crippen LogP contribution in [0, 0.1) is 25.2 Å². The van der Waals surface area contributed by atoms with E-state index < -0.39 is 0 Å². The van der Waals surface area contributed by atoms with Gasteiger partial charge in [-0.3, -0.25) is 9.69 Å². The normalized spacial score (nSPS) is 24.7.